The Bertz CT molecular complexity index is 184. The molecule has 2 unspecified atom stereocenters. The van der Waals surface area contributed by atoms with Gasteiger partial charge in [-0.15, -0.1) is 0 Å². The van der Waals surface area contributed by atoms with Gasteiger partial charge in [-0.3, -0.25) is 0 Å². The Morgan fingerprint density at radius 1 is 1.25 bits per heavy atom. The van der Waals surface area contributed by atoms with Crippen LogP contribution >= 0.6 is 0 Å². The van der Waals surface area contributed by atoms with E-state index in [-0.39, 0.29) is 5.60 Å². The van der Waals surface area contributed by atoms with Gasteiger partial charge in [0, 0.05) is 13.2 Å². The first kappa shape index (κ1) is 14.0. The Morgan fingerprint density at radius 3 is 2.31 bits per heavy atom. The van der Waals surface area contributed by atoms with E-state index in [2.05, 4.69) is 26.1 Å². The fourth-order valence-corrected chi connectivity index (χ4v) is 2.99. The molecule has 1 aliphatic carbocycles. The molecule has 0 radical (unpaired) electrons. The second-order valence-corrected chi connectivity index (χ2v) is 5.32. The smallest absolute Gasteiger partial charge is 0.0833 e. The van der Waals surface area contributed by atoms with Crippen LogP contribution in [0.5, 0.6) is 0 Å². The van der Waals surface area contributed by atoms with E-state index in [9.17, 15) is 0 Å². The predicted molar refractivity (Wildman–Crippen MR) is 69.7 cm³/mol. The van der Waals surface area contributed by atoms with Gasteiger partial charge >= 0.3 is 0 Å². The second kappa shape index (κ2) is 6.61. The van der Waals surface area contributed by atoms with Crippen LogP contribution in [0.15, 0.2) is 0 Å². The SMILES string of the molecule is CCCNC(C(C)CCC)C1(OC)CCC1. The van der Waals surface area contributed by atoms with E-state index in [4.69, 9.17) is 4.74 Å². The number of nitrogens with one attached hydrogen (secondary N) is 1. The van der Waals surface area contributed by atoms with Gasteiger partial charge in [-0.2, -0.15) is 0 Å². The summed E-state index contributed by atoms with van der Waals surface area (Å²) in [4.78, 5) is 0. The zero-order chi connectivity index (χ0) is 12.0. The van der Waals surface area contributed by atoms with Crippen LogP contribution in [0.1, 0.15) is 59.3 Å². The van der Waals surface area contributed by atoms with E-state index >= 15 is 0 Å². The molecule has 96 valence electrons. The van der Waals surface area contributed by atoms with Crippen molar-refractivity contribution in [2.45, 2.75) is 70.9 Å². The van der Waals surface area contributed by atoms with E-state index in [1.807, 2.05) is 7.11 Å². The molecule has 2 atom stereocenters. The maximum Gasteiger partial charge on any atom is 0.0833 e. The topological polar surface area (TPSA) is 21.3 Å². The van der Waals surface area contributed by atoms with Crippen molar-refractivity contribution in [2.75, 3.05) is 13.7 Å². The van der Waals surface area contributed by atoms with Crippen LogP contribution in [0, 0.1) is 5.92 Å². The monoisotopic (exact) mass is 227 g/mol. The molecule has 2 heteroatoms. The van der Waals surface area contributed by atoms with Crippen molar-refractivity contribution < 1.29 is 4.74 Å². The average Bonchev–Trinajstić information content (AvgIpc) is 2.22. The molecule has 0 saturated heterocycles. The predicted octanol–water partition coefficient (Wildman–Crippen LogP) is 3.36. The molecular weight excluding hydrogens is 198 g/mol. The normalized spacial score (nSPS) is 22.5. The van der Waals surface area contributed by atoms with E-state index in [1.54, 1.807) is 0 Å². The lowest BCUT2D eigenvalue weighted by molar-refractivity contribution is -0.110. The van der Waals surface area contributed by atoms with Gasteiger partial charge in [-0.1, -0.05) is 27.2 Å². The van der Waals surface area contributed by atoms with Gasteiger partial charge in [-0.05, 0) is 44.6 Å². The number of hydrogen-bond acceptors (Lipinski definition) is 2. The minimum absolute atomic E-state index is 0.143. The third-order valence-electron chi connectivity index (χ3n) is 4.10. The molecule has 1 saturated carbocycles. The summed E-state index contributed by atoms with van der Waals surface area (Å²) < 4.78 is 5.84. The van der Waals surface area contributed by atoms with Gasteiger partial charge in [0.1, 0.15) is 0 Å². The van der Waals surface area contributed by atoms with E-state index in [0.717, 1.165) is 12.5 Å². The quantitative estimate of drug-likeness (QED) is 0.686. The molecule has 1 rings (SSSR count). The average molecular weight is 227 g/mol. The molecule has 0 bridgehead atoms. The summed E-state index contributed by atoms with van der Waals surface area (Å²) in [6, 6.07) is 0.547. The van der Waals surface area contributed by atoms with Crippen LogP contribution in [0.4, 0.5) is 0 Å². The minimum Gasteiger partial charge on any atom is -0.377 e. The largest absolute Gasteiger partial charge is 0.377 e. The van der Waals surface area contributed by atoms with Crippen LogP contribution in [-0.4, -0.2) is 25.3 Å². The molecular formula is C14H29NO. The number of rotatable bonds is 8. The highest BCUT2D eigenvalue weighted by Crippen LogP contribution is 2.41. The molecule has 0 amide bonds. The second-order valence-electron chi connectivity index (χ2n) is 5.32. The Morgan fingerprint density at radius 2 is 1.94 bits per heavy atom. The first-order chi connectivity index (χ1) is 7.70. The van der Waals surface area contributed by atoms with Crippen LogP contribution in [-0.2, 0) is 4.74 Å². The fraction of sp³-hybridized carbons (Fsp3) is 1.00. The summed E-state index contributed by atoms with van der Waals surface area (Å²) >= 11 is 0. The Kier molecular flexibility index (Phi) is 5.77. The Hall–Kier alpha value is -0.0800. The molecule has 0 aliphatic heterocycles. The molecule has 0 aromatic carbocycles. The number of hydrogen-bond donors (Lipinski definition) is 1. The van der Waals surface area contributed by atoms with Crippen LogP contribution < -0.4 is 5.32 Å². The number of methoxy groups -OCH3 is 1. The molecule has 1 aliphatic rings. The third kappa shape index (κ3) is 2.98. The highest BCUT2D eigenvalue weighted by atomic mass is 16.5. The van der Waals surface area contributed by atoms with Gasteiger partial charge in [0.05, 0.1) is 5.60 Å². The molecule has 2 nitrogen and oxygen atoms in total. The minimum atomic E-state index is 0.143. The first-order valence-electron chi connectivity index (χ1n) is 6.98. The van der Waals surface area contributed by atoms with Crippen LogP contribution in [0.3, 0.4) is 0 Å². The lowest BCUT2D eigenvalue weighted by Gasteiger charge is -2.49. The van der Waals surface area contributed by atoms with Gasteiger partial charge in [0.25, 0.3) is 0 Å². The lowest BCUT2D eigenvalue weighted by Crippen LogP contribution is -2.59. The Labute approximate surface area is 101 Å². The van der Waals surface area contributed by atoms with Crippen molar-refractivity contribution >= 4 is 0 Å². The third-order valence-corrected chi connectivity index (χ3v) is 4.10. The van der Waals surface area contributed by atoms with Crippen molar-refractivity contribution in [2.24, 2.45) is 5.92 Å². The summed E-state index contributed by atoms with van der Waals surface area (Å²) in [5.41, 5.74) is 0.143. The Balaban J connectivity index is 2.61. The molecule has 1 N–H and O–H groups in total. The van der Waals surface area contributed by atoms with Crippen LogP contribution in [0.25, 0.3) is 0 Å². The van der Waals surface area contributed by atoms with Crippen molar-refractivity contribution in [1.82, 2.24) is 5.32 Å². The summed E-state index contributed by atoms with van der Waals surface area (Å²) in [5, 5.41) is 3.72. The van der Waals surface area contributed by atoms with Gasteiger partial charge in [0.2, 0.25) is 0 Å². The fourth-order valence-electron chi connectivity index (χ4n) is 2.99. The maximum atomic E-state index is 5.84. The summed E-state index contributed by atoms with van der Waals surface area (Å²) in [6.07, 6.45) is 7.57. The van der Waals surface area contributed by atoms with Gasteiger partial charge in [-0.25, -0.2) is 0 Å². The molecule has 0 aromatic rings. The zero-order valence-electron chi connectivity index (χ0n) is 11.5. The van der Waals surface area contributed by atoms with Gasteiger partial charge in [0.15, 0.2) is 0 Å². The number of ether oxygens (including phenoxy) is 1. The summed E-state index contributed by atoms with van der Waals surface area (Å²) in [6.45, 7) is 7.99. The summed E-state index contributed by atoms with van der Waals surface area (Å²) in [7, 11) is 1.89. The first-order valence-corrected chi connectivity index (χ1v) is 6.98. The summed E-state index contributed by atoms with van der Waals surface area (Å²) in [5.74, 6) is 0.719. The molecule has 0 spiro atoms. The van der Waals surface area contributed by atoms with Crippen molar-refractivity contribution in [3.05, 3.63) is 0 Å². The van der Waals surface area contributed by atoms with E-state index in [1.165, 1.54) is 38.5 Å². The van der Waals surface area contributed by atoms with E-state index in [0.29, 0.717) is 6.04 Å². The lowest BCUT2D eigenvalue weighted by atomic mass is 9.70. The highest BCUT2D eigenvalue weighted by Gasteiger charge is 2.45. The van der Waals surface area contributed by atoms with E-state index < -0.39 is 0 Å². The molecule has 0 aromatic heterocycles. The highest BCUT2D eigenvalue weighted by molar-refractivity contribution is 5.01. The molecule has 1 fully saturated rings. The van der Waals surface area contributed by atoms with Crippen molar-refractivity contribution in [3.63, 3.8) is 0 Å². The standard InChI is InChI=1S/C14H29NO/c1-5-8-12(3)13(15-11-6-2)14(16-4)9-7-10-14/h12-13,15H,5-11H2,1-4H3. The van der Waals surface area contributed by atoms with Crippen LogP contribution in [0.2, 0.25) is 0 Å². The maximum absolute atomic E-state index is 5.84. The molecule has 16 heavy (non-hydrogen) atoms. The van der Waals surface area contributed by atoms with Gasteiger partial charge < -0.3 is 10.1 Å². The van der Waals surface area contributed by atoms with Crippen molar-refractivity contribution in [1.29, 1.82) is 0 Å². The van der Waals surface area contributed by atoms with Crippen molar-refractivity contribution in [3.8, 4) is 0 Å². The molecule has 0 heterocycles. The zero-order valence-corrected chi connectivity index (χ0v) is 11.5.